The zero-order valence-corrected chi connectivity index (χ0v) is 18.2. The average molecular weight is 435 g/mol. The molecule has 1 saturated heterocycles. The van der Waals surface area contributed by atoms with Crippen molar-refractivity contribution in [1.29, 1.82) is 0 Å². The molecule has 5 nitrogen and oxygen atoms in total. The van der Waals surface area contributed by atoms with Crippen LogP contribution in [0.25, 0.3) is 0 Å². The van der Waals surface area contributed by atoms with Crippen LogP contribution in [0.4, 0.5) is 13.2 Å². The minimum absolute atomic E-state index is 0.0968. The monoisotopic (exact) mass is 434 g/mol. The minimum Gasteiger partial charge on any atom is -0.344 e. The second kappa shape index (κ2) is 8.26. The van der Waals surface area contributed by atoms with Crippen molar-refractivity contribution in [3.8, 4) is 0 Å². The van der Waals surface area contributed by atoms with Crippen molar-refractivity contribution in [3.63, 3.8) is 0 Å². The van der Waals surface area contributed by atoms with Crippen LogP contribution in [-0.4, -0.2) is 43.9 Å². The van der Waals surface area contributed by atoms with Gasteiger partial charge >= 0.3 is 6.18 Å². The molecule has 1 fully saturated rings. The van der Waals surface area contributed by atoms with E-state index in [2.05, 4.69) is 5.32 Å². The Balaban J connectivity index is 2.06. The highest BCUT2D eigenvalue weighted by atomic mass is 32.2. The summed E-state index contributed by atoms with van der Waals surface area (Å²) in [6, 6.07) is 2.94. The lowest BCUT2D eigenvalue weighted by molar-refractivity contribution is -0.182. The Hall–Kier alpha value is -1.61. The van der Waals surface area contributed by atoms with Gasteiger partial charge in [-0.1, -0.05) is 26.8 Å². The first-order valence-electron chi connectivity index (χ1n) is 9.58. The van der Waals surface area contributed by atoms with Crippen LogP contribution in [0.3, 0.4) is 0 Å². The molecule has 164 valence electrons. The number of piperidine rings is 1. The van der Waals surface area contributed by atoms with Crippen LogP contribution in [0.2, 0.25) is 0 Å². The molecule has 0 aromatic heterocycles. The molecule has 1 amide bonds. The molecule has 1 aliphatic heterocycles. The standard InChI is InChI=1S/C20H29F3N2O3S/c1-13-6-7-16(12-14(13)2)29(27,28)25-10-8-15(9-11-25)17(26)24-18(19(3,4)5)20(21,22)23/h6-7,12,15,18H,8-11H2,1-5H3,(H,24,26)/t18-/m1/s1. The molecule has 1 N–H and O–H groups in total. The molecule has 1 aromatic rings. The van der Waals surface area contributed by atoms with Gasteiger partial charge in [0.15, 0.2) is 0 Å². The average Bonchev–Trinajstić information content (AvgIpc) is 2.59. The Kier molecular flexibility index (Phi) is 6.74. The number of amides is 1. The van der Waals surface area contributed by atoms with Crippen LogP contribution < -0.4 is 5.32 Å². The van der Waals surface area contributed by atoms with Crippen LogP contribution in [0.15, 0.2) is 23.1 Å². The van der Waals surface area contributed by atoms with Crippen molar-refractivity contribution in [3.05, 3.63) is 29.3 Å². The van der Waals surface area contributed by atoms with E-state index in [1.54, 1.807) is 18.2 Å². The number of halogens is 3. The lowest BCUT2D eigenvalue weighted by Gasteiger charge is -2.36. The third kappa shape index (κ3) is 5.51. The summed E-state index contributed by atoms with van der Waals surface area (Å²) in [4.78, 5) is 12.6. The first-order chi connectivity index (χ1) is 13.1. The van der Waals surface area contributed by atoms with Gasteiger partial charge in [-0.25, -0.2) is 8.42 Å². The predicted molar refractivity (Wildman–Crippen MR) is 105 cm³/mol. The Bertz CT molecular complexity index is 839. The molecule has 2 rings (SSSR count). The number of hydrogen-bond donors (Lipinski definition) is 1. The fourth-order valence-electron chi connectivity index (χ4n) is 3.43. The van der Waals surface area contributed by atoms with E-state index in [-0.39, 0.29) is 30.8 Å². The number of aryl methyl sites for hydroxylation is 2. The summed E-state index contributed by atoms with van der Waals surface area (Å²) in [5, 5.41) is 2.13. The van der Waals surface area contributed by atoms with E-state index in [1.165, 1.54) is 25.1 Å². The van der Waals surface area contributed by atoms with Crippen LogP contribution in [0.5, 0.6) is 0 Å². The second-order valence-electron chi connectivity index (χ2n) is 8.77. The van der Waals surface area contributed by atoms with E-state index in [0.29, 0.717) is 0 Å². The molecular formula is C20H29F3N2O3S. The molecule has 0 bridgehead atoms. The van der Waals surface area contributed by atoms with Crippen molar-refractivity contribution in [1.82, 2.24) is 9.62 Å². The summed E-state index contributed by atoms with van der Waals surface area (Å²) >= 11 is 0. The molecule has 1 heterocycles. The third-order valence-electron chi connectivity index (χ3n) is 5.42. The largest absolute Gasteiger partial charge is 0.409 e. The van der Waals surface area contributed by atoms with Gasteiger partial charge in [0.05, 0.1) is 4.90 Å². The summed E-state index contributed by atoms with van der Waals surface area (Å²) in [5.41, 5.74) is 0.666. The molecule has 0 radical (unpaired) electrons. The number of carbonyl (C=O) groups is 1. The lowest BCUT2D eigenvalue weighted by atomic mass is 9.85. The zero-order chi connectivity index (χ0) is 22.2. The van der Waals surface area contributed by atoms with E-state index in [0.717, 1.165) is 11.1 Å². The van der Waals surface area contributed by atoms with Gasteiger partial charge in [0.1, 0.15) is 6.04 Å². The fourth-order valence-corrected chi connectivity index (χ4v) is 4.99. The molecule has 0 saturated carbocycles. The maximum absolute atomic E-state index is 13.3. The number of hydrogen-bond acceptors (Lipinski definition) is 3. The van der Waals surface area contributed by atoms with Gasteiger partial charge < -0.3 is 5.32 Å². The summed E-state index contributed by atoms with van der Waals surface area (Å²) in [6.07, 6.45) is -4.18. The zero-order valence-electron chi connectivity index (χ0n) is 17.4. The molecule has 1 aromatic carbocycles. The highest BCUT2D eigenvalue weighted by molar-refractivity contribution is 7.89. The second-order valence-corrected chi connectivity index (χ2v) is 10.7. The summed E-state index contributed by atoms with van der Waals surface area (Å²) < 4.78 is 66.9. The highest BCUT2D eigenvalue weighted by Gasteiger charge is 2.48. The Morgan fingerprint density at radius 1 is 1.10 bits per heavy atom. The van der Waals surface area contributed by atoms with E-state index in [9.17, 15) is 26.4 Å². The van der Waals surface area contributed by atoms with Gasteiger partial charge in [0.2, 0.25) is 15.9 Å². The maximum Gasteiger partial charge on any atom is 0.409 e. The normalized spacial score (nSPS) is 18.5. The first-order valence-corrected chi connectivity index (χ1v) is 11.0. The lowest BCUT2D eigenvalue weighted by Crippen LogP contribution is -2.55. The molecular weight excluding hydrogens is 405 g/mol. The Morgan fingerprint density at radius 3 is 2.10 bits per heavy atom. The van der Waals surface area contributed by atoms with E-state index < -0.39 is 39.5 Å². The molecule has 9 heteroatoms. The fraction of sp³-hybridized carbons (Fsp3) is 0.650. The van der Waals surface area contributed by atoms with Crippen molar-refractivity contribution in [2.75, 3.05) is 13.1 Å². The molecule has 0 unspecified atom stereocenters. The van der Waals surface area contributed by atoms with E-state index in [1.807, 2.05) is 13.8 Å². The molecule has 0 aliphatic carbocycles. The number of rotatable bonds is 4. The third-order valence-corrected chi connectivity index (χ3v) is 7.32. The number of nitrogens with zero attached hydrogens (tertiary/aromatic N) is 1. The first kappa shape index (κ1) is 23.7. The number of benzene rings is 1. The van der Waals surface area contributed by atoms with Crippen LogP contribution in [0.1, 0.15) is 44.7 Å². The minimum atomic E-state index is -4.55. The predicted octanol–water partition coefficient (Wildman–Crippen LogP) is 3.80. The van der Waals surface area contributed by atoms with E-state index >= 15 is 0 Å². The number of nitrogens with one attached hydrogen (secondary N) is 1. The van der Waals surface area contributed by atoms with Crippen molar-refractivity contribution in [2.24, 2.45) is 11.3 Å². The van der Waals surface area contributed by atoms with Crippen molar-refractivity contribution >= 4 is 15.9 Å². The maximum atomic E-state index is 13.3. The van der Waals surface area contributed by atoms with E-state index in [4.69, 9.17) is 0 Å². The summed E-state index contributed by atoms with van der Waals surface area (Å²) in [7, 11) is -3.70. The summed E-state index contributed by atoms with van der Waals surface area (Å²) in [6.45, 7) is 8.18. The smallest absolute Gasteiger partial charge is 0.344 e. The van der Waals surface area contributed by atoms with Crippen LogP contribution >= 0.6 is 0 Å². The number of sulfonamides is 1. The van der Waals surface area contributed by atoms with Crippen LogP contribution in [0, 0.1) is 25.2 Å². The molecule has 1 aliphatic rings. The van der Waals surface area contributed by atoms with Gasteiger partial charge in [-0.05, 0) is 55.4 Å². The van der Waals surface area contributed by atoms with Gasteiger partial charge in [-0.15, -0.1) is 0 Å². The Morgan fingerprint density at radius 2 is 1.66 bits per heavy atom. The molecule has 1 atom stereocenters. The van der Waals surface area contributed by atoms with Gasteiger partial charge in [0.25, 0.3) is 0 Å². The van der Waals surface area contributed by atoms with Gasteiger partial charge in [-0.2, -0.15) is 17.5 Å². The van der Waals surface area contributed by atoms with Crippen molar-refractivity contribution in [2.45, 2.75) is 64.6 Å². The quantitative estimate of drug-likeness (QED) is 0.784. The molecule has 29 heavy (non-hydrogen) atoms. The van der Waals surface area contributed by atoms with Gasteiger partial charge in [0, 0.05) is 19.0 Å². The van der Waals surface area contributed by atoms with Gasteiger partial charge in [-0.3, -0.25) is 4.79 Å². The SMILES string of the molecule is Cc1ccc(S(=O)(=O)N2CCC(C(=O)N[C@H](C(C)(C)C)C(F)(F)F)CC2)cc1C. The Labute approximate surface area is 170 Å². The summed E-state index contributed by atoms with van der Waals surface area (Å²) in [5.74, 6) is -1.32. The van der Waals surface area contributed by atoms with Crippen molar-refractivity contribution < 1.29 is 26.4 Å². The highest BCUT2D eigenvalue weighted by Crippen LogP contribution is 2.34. The van der Waals surface area contributed by atoms with Crippen LogP contribution in [-0.2, 0) is 14.8 Å². The topological polar surface area (TPSA) is 66.5 Å². The number of carbonyl (C=O) groups excluding carboxylic acids is 1. The molecule has 0 spiro atoms. The number of alkyl halides is 3.